The third kappa shape index (κ3) is 3.57. The molecule has 0 aliphatic rings. The van der Waals surface area contributed by atoms with Gasteiger partial charge >= 0.3 is 17.6 Å². The van der Waals surface area contributed by atoms with E-state index >= 15 is 0 Å². The standard InChI is InChI=1S/C14H11ClF3N3O5/c1-19-10(14(16,17)18)5-11(22)20(13(19)23)6-7-3-8(15)4-9(21(24)25)12(7)26-2/h3-5H,6H2,1-2H3. The number of halogens is 4. The number of hydrogen-bond donors (Lipinski definition) is 0. The molecule has 0 aliphatic carbocycles. The number of rotatable bonds is 4. The molecule has 0 bridgehead atoms. The minimum Gasteiger partial charge on any atom is -0.490 e. The van der Waals surface area contributed by atoms with Crippen molar-refractivity contribution in [1.29, 1.82) is 0 Å². The lowest BCUT2D eigenvalue weighted by atomic mass is 10.1. The lowest BCUT2D eigenvalue weighted by Crippen LogP contribution is -2.41. The summed E-state index contributed by atoms with van der Waals surface area (Å²) in [6, 6.07) is 2.50. The molecule has 0 saturated heterocycles. The first-order chi connectivity index (χ1) is 12.0. The molecule has 0 N–H and O–H groups in total. The molecule has 0 fully saturated rings. The quantitative estimate of drug-likeness (QED) is 0.586. The first-order valence-corrected chi connectivity index (χ1v) is 7.24. The highest BCUT2D eigenvalue weighted by Crippen LogP contribution is 2.34. The fourth-order valence-electron chi connectivity index (χ4n) is 2.38. The number of alkyl halides is 3. The van der Waals surface area contributed by atoms with Crippen LogP contribution in [0.15, 0.2) is 27.8 Å². The predicted octanol–water partition coefficient (Wildman–Crippen LogP) is 2.18. The van der Waals surface area contributed by atoms with E-state index in [2.05, 4.69) is 0 Å². The van der Waals surface area contributed by atoms with Gasteiger partial charge in [-0.2, -0.15) is 13.2 Å². The molecule has 12 heteroatoms. The minimum atomic E-state index is -4.89. The smallest absolute Gasteiger partial charge is 0.431 e. The summed E-state index contributed by atoms with van der Waals surface area (Å²) < 4.78 is 44.3. The van der Waals surface area contributed by atoms with Gasteiger partial charge < -0.3 is 4.74 Å². The predicted molar refractivity (Wildman–Crippen MR) is 84.7 cm³/mol. The Hall–Kier alpha value is -2.82. The van der Waals surface area contributed by atoms with E-state index in [1.54, 1.807) is 0 Å². The van der Waals surface area contributed by atoms with Gasteiger partial charge in [-0.15, -0.1) is 0 Å². The lowest BCUT2D eigenvalue weighted by molar-refractivity contribution is -0.385. The molecule has 0 atom stereocenters. The second kappa shape index (κ2) is 6.83. The molecule has 2 rings (SSSR count). The van der Waals surface area contributed by atoms with Crippen molar-refractivity contribution in [1.82, 2.24) is 9.13 Å². The Morgan fingerprint density at radius 2 is 1.88 bits per heavy atom. The Morgan fingerprint density at radius 3 is 2.38 bits per heavy atom. The van der Waals surface area contributed by atoms with E-state index in [1.807, 2.05) is 0 Å². The zero-order valence-electron chi connectivity index (χ0n) is 13.3. The van der Waals surface area contributed by atoms with Crippen molar-refractivity contribution in [3.05, 3.63) is 65.4 Å². The van der Waals surface area contributed by atoms with Crippen LogP contribution < -0.4 is 16.0 Å². The maximum atomic E-state index is 12.9. The normalized spacial score (nSPS) is 11.5. The number of nitro benzene ring substituents is 1. The molecule has 1 aromatic heterocycles. The summed E-state index contributed by atoms with van der Waals surface area (Å²) in [6.07, 6.45) is -4.89. The van der Waals surface area contributed by atoms with Crippen molar-refractivity contribution in [2.45, 2.75) is 12.7 Å². The highest BCUT2D eigenvalue weighted by molar-refractivity contribution is 6.31. The molecule has 140 valence electrons. The van der Waals surface area contributed by atoms with Crippen LogP contribution in [0.4, 0.5) is 18.9 Å². The number of hydrogen-bond acceptors (Lipinski definition) is 5. The second-order valence-electron chi connectivity index (χ2n) is 5.17. The van der Waals surface area contributed by atoms with Crippen molar-refractivity contribution < 1.29 is 22.8 Å². The second-order valence-corrected chi connectivity index (χ2v) is 5.60. The third-order valence-corrected chi connectivity index (χ3v) is 3.75. The molecule has 0 saturated carbocycles. The zero-order chi connectivity index (χ0) is 19.8. The van der Waals surface area contributed by atoms with E-state index in [1.165, 1.54) is 6.07 Å². The average molecular weight is 394 g/mol. The molecule has 0 unspecified atom stereocenters. The molecule has 0 amide bonds. The SMILES string of the molecule is COc1c(Cn2c(=O)cc(C(F)(F)F)n(C)c2=O)cc(Cl)cc1[N+](=O)[O-]. The van der Waals surface area contributed by atoms with E-state index in [4.69, 9.17) is 16.3 Å². The van der Waals surface area contributed by atoms with Gasteiger partial charge in [-0.1, -0.05) is 11.6 Å². The first kappa shape index (κ1) is 19.5. The van der Waals surface area contributed by atoms with Gasteiger partial charge in [0.15, 0.2) is 0 Å². The molecular weight excluding hydrogens is 383 g/mol. The summed E-state index contributed by atoms with van der Waals surface area (Å²) in [5, 5.41) is 11.0. The van der Waals surface area contributed by atoms with Gasteiger partial charge in [-0.3, -0.25) is 24.0 Å². The molecule has 1 aromatic carbocycles. The molecule has 0 spiro atoms. The van der Waals surface area contributed by atoms with E-state index in [-0.39, 0.29) is 27.0 Å². The number of aromatic nitrogens is 2. The number of ether oxygens (including phenoxy) is 1. The summed E-state index contributed by atoms with van der Waals surface area (Å²) in [7, 11) is 1.99. The Morgan fingerprint density at radius 1 is 1.27 bits per heavy atom. The van der Waals surface area contributed by atoms with Crippen LogP contribution in [0.25, 0.3) is 0 Å². The van der Waals surface area contributed by atoms with Crippen LogP contribution in [-0.4, -0.2) is 21.2 Å². The van der Waals surface area contributed by atoms with Crippen LogP contribution in [0.3, 0.4) is 0 Å². The Labute approximate surface area is 148 Å². The zero-order valence-corrected chi connectivity index (χ0v) is 14.1. The molecule has 0 aliphatic heterocycles. The van der Waals surface area contributed by atoms with E-state index in [0.717, 1.165) is 20.2 Å². The Kier molecular flexibility index (Phi) is 5.12. The fraction of sp³-hybridized carbons (Fsp3) is 0.286. The number of benzene rings is 1. The number of nitrogens with zero attached hydrogens (tertiary/aromatic N) is 3. The number of nitro groups is 1. The molecule has 26 heavy (non-hydrogen) atoms. The Bertz CT molecular complexity index is 997. The van der Waals surface area contributed by atoms with E-state index in [9.17, 15) is 32.9 Å². The lowest BCUT2D eigenvalue weighted by Gasteiger charge is -2.15. The van der Waals surface area contributed by atoms with Crippen LogP contribution in [0.5, 0.6) is 5.75 Å². The van der Waals surface area contributed by atoms with Gasteiger partial charge in [-0.25, -0.2) is 4.79 Å². The minimum absolute atomic E-state index is 0.00865. The van der Waals surface area contributed by atoms with Crippen molar-refractivity contribution in [2.75, 3.05) is 7.11 Å². The molecule has 8 nitrogen and oxygen atoms in total. The van der Waals surface area contributed by atoms with Crippen LogP contribution in [-0.2, 0) is 19.8 Å². The summed E-state index contributed by atoms with van der Waals surface area (Å²) in [6.45, 7) is -0.561. The van der Waals surface area contributed by atoms with Gasteiger partial charge in [0, 0.05) is 29.8 Å². The average Bonchev–Trinajstić information content (AvgIpc) is 2.53. The van der Waals surface area contributed by atoms with E-state index in [0.29, 0.717) is 4.57 Å². The summed E-state index contributed by atoms with van der Waals surface area (Å²) in [5.41, 5.74) is -4.38. The van der Waals surface area contributed by atoms with Gasteiger partial charge in [0.1, 0.15) is 5.69 Å². The van der Waals surface area contributed by atoms with Gasteiger partial charge in [-0.05, 0) is 6.07 Å². The number of methoxy groups -OCH3 is 1. The van der Waals surface area contributed by atoms with Crippen molar-refractivity contribution in [2.24, 2.45) is 7.05 Å². The Balaban J connectivity index is 2.68. The van der Waals surface area contributed by atoms with E-state index < -0.39 is 40.3 Å². The van der Waals surface area contributed by atoms with Crippen LogP contribution >= 0.6 is 11.6 Å². The maximum Gasteiger partial charge on any atom is 0.431 e. The van der Waals surface area contributed by atoms with Gasteiger partial charge in [0.05, 0.1) is 18.6 Å². The van der Waals surface area contributed by atoms with Gasteiger partial charge in [0.25, 0.3) is 5.56 Å². The van der Waals surface area contributed by atoms with Gasteiger partial charge in [0.2, 0.25) is 5.75 Å². The highest BCUT2D eigenvalue weighted by Gasteiger charge is 2.35. The molecule has 0 radical (unpaired) electrons. The molecular formula is C14H11ClF3N3O5. The highest BCUT2D eigenvalue weighted by atomic mass is 35.5. The maximum absolute atomic E-state index is 12.9. The largest absolute Gasteiger partial charge is 0.490 e. The van der Waals surface area contributed by atoms with Crippen molar-refractivity contribution in [3.63, 3.8) is 0 Å². The van der Waals surface area contributed by atoms with Crippen molar-refractivity contribution in [3.8, 4) is 5.75 Å². The molecule has 1 heterocycles. The first-order valence-electron chi connectivity index (χ1n) is 6.86. The third-order valence-electron chi connectivity index (χ3n) is 3.54. The summed E-state index contributed by atoms with van der Waals surface area (Å²) in [5.74, 6) is -0.256. The topological polar surface area (TPSA) is 96.4 Å². The van der Waals surface area contributed by atoms with Crippen LogP contribution in [0, 0.1) is 10.1 Å². The molecule has 2 aromatic rings. The fourth-order valence-corrected chi connectivity index (χ4v) is 2.62. The van der Waals surface area contributed by atoms with Crippen LogP contribution in [0.2, 0.25) is 5.02 Å². The summed E-state index contributed by atoms with van der Waals surface area (Å²) >= 11 is 5.81. The summed E-state index contributed by atoms with van der Waals surface area (Å²) in [4.78, 5) is 34.5. The monoisotopic (exact) mass is 393 g/mol. The van der Waals surface area contributed by atoms with Crippen molar-refractivity contribution >= 4 is 17.3 Å². The van der Waals surface area contributed by atoms with Crippen LogP contribution in [0.1, 0.15) is 11.3 Å².